The molecule has 1 N–H and O–H groups in total. The third kappa shape index (κ3) is 3.84. The van der Waals surface area contributed by atoms with E-state index in [0.717, 1.165) is 18.4 Å². The Morgan fingerprint density at radius 3 is 2.72 bits per heavy atom. The fourth-order valence-electron chi connectivity index (χ4n) is 4.64. The van der Waals surface area contributed by atoms with E-state index in [2.05, 4.69) is 17.5 Å². The summed E-state index contributed by atoms with van der Waals surface area (Å²) in [6, 6.07) is 10.7. The molecule has 0 bridgehead atoms. The Hall–Kier alpha value is -2.89. The monoisotopic (exact) mass is 394 g/mol. The minimum Gasteiger partial charge on any atom is -0.462 e. The minimum absolute atomic E-state index is 0.0111. The van der Waals surface area contributed by atoms with Crippen molar-refractivity contribution in [3.63, 3.8) is 0 Å². The van der Waals surface area contributed by atoms with E-state index in [1.165, 1.54) is 19.1 Å². The molecule has 0 spiro atoms. The van der Waals surface area contributed by atoms with Gasteiger partial charge in [-0.1, -0.05) is 31.9 Å². The van der Waals surface area contributed by atoms with Gasteiger partial charge in [0.1, 0.15) is 11.5 Å². The van der Waals surface area contributed by atoms with Crippen LogP contribution in [0, 0.1) is 17.3 Å². The number of hydrogen-bond donors (Lipinski definition) is 1. The van der Waals surface area contributed by atoms with Gasteiger partial charge in [0.05, 0.1) is 18.4 Å². The number of benzene rings is 1. The summed E-state index contributed by atoms with van der Waals surface area (Å²) >= 11 is 0. The highest BCUT2D eigenvalue weighted by Gasteiger charge is 2.64. The zero-order valence-corrected chi connectivity index (χ0v) is 16.8. The molecule has 2 saturated carbocycles. The molecule has 0 saturated heterocycles. The summed E-state index contributed by atoms with van der Waals surface area (Å²) < 4.78 is 10.8. The molecule has 6 nitrogen and oxygen atoms in total. The van der Waals surface area contributed by atoms with Gasteiger partial charge in [0.15, 0.2) is 0 Å². The van der Waals surface area contributed by atoms with Gasteiger partial charge in [0, 0.05) is 11.5 Å². The minimum atomic E-state index is -0.341. The number of furan rings is 1. The summed E-state index contributed by atoms with van der Waals surface area (Å²) in [4.78, 5) is 24.2. The molecule has 0 aliphatic heterocycles. The van der Waals surface area contributed by atoms with Crippen molar-refractivity contribution in [2.24, 2.45) is 22.4 Å². The van der Waals surface area contributed by atoms with E-state index in [1.54, 1.807) is 25.1 Å². The molecule has 3 atom stereocenters. The van der Waals surface area contributed by atoms with Crippen molar-refractivity contribution in [3.8, 4) is 11.3 Å². The lowest BCUT2D eigenvalue weighted by atomic mass is 9.90. The molecule has 2 fully saturated rings. The molecule has 2 aliphatic rings. The van der Waals surface area contributed by atoms with Gasteiger partial charge in [-0.05, 0) is 55.4 Å². The maximum absolute atomic E-state index is 12.4. The number of ether oxygens (including phenoxy) is 1. The Morgan fingerprint density at radius 2 is 2.03 bits per heavy atom. The van der Waals surface area contributed by atoms with Crippen LogP contribution in [0.2, 0.25) is 0 Å². The summed E-state index contributed by atoms with van der Waals surface area (Å²) in [5.41, 5.74) is 4.19. The van der Waals surface area contributed by atoms with Crippen LogP contribution >= 0.6 is 0 Å². The number of hydrogen-bond acceptors (Lipinski definition) is 5. The summed E-state index contributed by atoms with van der Waals surface area (Å²) in [5.74, 6) is 1.48. The lowest BCUT2D eigenvalue weighted by Gasteiger charge is -2.15. The van der Waals surface area contributed by atoms with Gasteiger partial charge in [0.2, 0.25) is 5.91 Å². The van der Waals surface area contributed by atoms with E-state index in [0.29, 0.717) is 29.6 Å². The first-order valence-electron chi connectivity index (χ1n) is 10.2. The first-order chi connectivity index (χ1) is 14.0. The number of hydrazone groups is 1. The lowest BCUT2D eigenvalue weighted by Crippen LogP contribution is -2.22. The maximum atomic E-state index is 12.4. The van der Waals surface area contributed by atoms with Gasteiger partial charge in [-0.3, -0.25) is 4.79 Å². The zero-order chi connectivity index (χ0) is 20.4. The number of esters is 1. The molecule has 1 aromatic carbocycles. The number of amides is 1. The third-order valence-corrected chi connectivity index (χ3v) is 6.29. The average molecular weight is 394 g/mol. The summed E-state index contributed by atoms with van der Waals surface area (Å²) in [7, 11) is 0. The summed E-state index contributed by atoms with van der Waals surface area (Å²) in [5, 5.41) is 4.08. The van der Waals surface area contributed by atoms with Crippen molar-refractivity contribution in [1.29, 1.82) is 0 Å². The number of nitrogens with one attached hydrogen (secondary N) is 1. The van der Waals surface area contributed by atoms with Gasteiger partial charge in [-0.25, -0.2) is 10.2 Å². The van der Waals surface area contributed by atoms with E-state index >= 15 is 0 Å². The Kier molecular flexibility index (Phi) is 5.26. The van der Waals surface area contributed by atoms with Crippen LogP contribution in [0.15, 0.2) is 45.9 Å². The normalized spacial score (nSPS) is 25.4. The Balaban J connectivity index is 1.34. The molecule has 2 aromatic rings. The number of fused-ring (bicyclic) bond motifs is 1. The second-order valence-electron chi connectivity index (χ2n) is 8.07. The highest BCUT2D eigenvalue weighted by atomic mass is 16.5. The molecule has 1 heterocycles. The molecule has 4 rings (SSSR count). The van der Waals surface area contributed by atoms with E-state index in [4.69, 9.17) is 9.15 Å². The molecule has 0 radical (unpaired) electrons. The number of rotatable bonds is 6. The lowest BCUT2D eigenvalue weighted by molar-refractivity contribution is -0.123. The fourth-order valence-corrected chi connectivity index (χ4v) is 4.64. The second kappa shape index (κ2) is 7.85. The van der Waals surface area contributed by atoms with Gasteiger partial charge in [-0.2, -0.15) is 5.10 Å². The standard InChI is InChI=1S/C23H26N2O4/c1-3-28-22(27)16-9-7-15(8-10-16)19-12-11-17(29-19)14-24-25-21(26)20-18-6-4-5-13-23(18,20)2/h7-12,14,18,20H,3-6,13H2,1-2H3,(H,25,26)/b24-14-/t18-,20-,23+/m0/s1. The van der Waals surface area contributed by atoms with Gasteiger partial charge in [-0.15, -0.1) is 0 Å². The molecule has 152 valence electrons. The van der Waals surface area contributed by atoms with Crippen molar-refractivity contribution in [2.45, 2.75) is 39.5 Å². The van der Waals surface area contributed by atoms with Crippen LogP contribution in [-0.4, -0.2) is 24.7 Å². The van der Waals surface area contributed by atoms with E-state index in [1.807, 2.05) is 18.2 Å². The van der Waals surface area contributed by atoms with Crippen LogP contribution < -0.4 is 5.43 Å². The predicted molar refractivity (Wildman–Crippen MR) is 109 cm³/mol. The zero-order valence-electron chi connectivity index (χ0n) is 16.8. The summed E-state index contributed by atoms with van der Waals surface area (Å²) in [6.07, 6.45) is 6.24. The van der Waals surface area contributed by atoms with Gasteiger partial charge in [0.25, 0.3) is 0 Å². The van der Waals surface area contributed by atoms with E-state index < -0.39 is 0 Å². The second-order valence-corrected chi connectivity index (χ2v) is 8.07. The van der Waals surface area contributed by atoms with Gasteiger partial charge < -0.3 is 9.15 Å². The smallest absolute Gasteiger partial charge is 0.338 e. The molecular formula is C23H26N2O4. The van der Waals surface area contributed by atoms with E-state index in [-0.39, 0.29) is 23.2 Å². The highest BCUT2D eigenvalue weighted by molar-refractivity contribution is 5.90. The molecular weight excluding hydrogens is 368 g/mol. The molecule has 2 aliphatic carbocycles. The fraction of sp³-hybridized carbons (Fsp3) is 0.435. The molecule has 6 heteroatoms. The Bertz CT molecular complexity index is 931. The van der Waals surface area contributed by atoms with Crippen LogP contribution in [0.3, 0.4) is 0 Å². The Morgan fingerprint density at radius 1 is 1.24 bits per heavy atom. The Labute approximate surface area is 170 Å². The summed E-state index contributed by atoms with van der Waals surface area (Å²) in [6.45, 7) is 4.34. The van der Waals surface area contributed by atoms with Crippen molar-refractivity contribution in [3.05, 3.63) is 47.7 Å². The largest absolute Gasteiger partial charge is 0.462 e. The predicted octanol–water partition coefficient (Wildman–Crippen LogP) is 4.40. The molecule has 29 heavy (non-hydrogen) atoms. The first kappa shape index (κ1) is 19.4. The number of carbonyl (C=O) groups excluding carboxylic acids is 2. The molecule has 1 aromatic heterocycles. The SMILES string of the molecule is CCOC(=O)c1ccc(-c2ccc(/C=N\NC(=O)[C@@H]3[C@@H]4CCCC[C@@]34C)o2)cc1. The molecule has 0 unspecified atom stereocenters. The average Bonchev–Trinajstić information content (AvgIpc) is 3.09. The topological polar surface area (TPSA) is 80.9 Å². The van der Waals surface area contributed by atoms with Crippen molar-refractivity contribution < 1.29 is 18.7 Å². The third-order valence-electron chi connectivity index (χ3n) is 6.29. The van der Waals surface area contributed by atoms with Crippen LogP contribution in [0.1, 0.15) is 55.6 Å². The maximum Gasteiger partial charge on any atom is 0.338 e. The highest BCUT2D eigenvalue weighted by Crippen LogP contribution is 2.66. The quantitative estimate of drug-likeness (QED) is 0.447. The molecule has 1 amide bonds. The van der Waals surface area contributed by atoms with Crippen molar-refractivity contribution in [2.75, 3.05) is 6.61 Å². The van der Waals surface area contributed by atoms with Crippen LogP contribution in [0.25, 0.3) is 11.3 Å². The van der Waals surface area contributed by atoms with Crippen molar-refractivity contribution in [1.82, 2.24) is 5.43 Å². The van der Waals surface area contributed by atoms with Crippen LogP contribution in [0.5, 0.6) is 0 Å². The van der Waals surface area contributed by atoms with Gasteiger partial charge >= 0.3 is 5.97 Å². The first-order valence-corrected chi connectivity index (χ1v) is 10.2. The van der Waals surface area contributed by atoms with E-state index in [9.17, 15) is 9.59 Å². The van der Waals surface area contributed by atoms with Crippen LogP contribution in [0.4, 0.5) is 0 Å². The van der Waals surface area contributed by atoms with Crippen molar-refractivity contribution >= 4 is 18.1 Å². The number of carbonyl (C=O) groups is 2. The van der Waals surface area contributed by atoms with Crippen LogP contribution in [-0.2, 0) is 9.53 Å². The number of nitrogens with zero attached hydrogens (tertiary/aromatic N) is 1.